The number of hydrogen-bond acceptors (Lipinski definition) is 4. The molecular weight excluding hydrogens is 326 g/mol. The van der Waals surface area contributed by atoms with E-state index in [9.17, 15) is 4.79 Å². The minimum Gasteiger partial charge on any atom is -0.476 e. The van der Waals surface area contributed by atoms with E-state index in [1.165, 1.54) is 0 Å². The van der Waals surface area contributed by atoms with Crippen LogP contribution in [-0.4, -0.2) is 25.8 Å². The van der Waals surface area contributed by atoms with Crippen molar-refractivity contribution in [1.29, 1.82) is 0 Å². The van der Waals surface area contributed by atoms with E-state index >= 15 is 0 Å². The molecule has 1 aromatic carbocycles. The summed E-state index contributed by atoms with van der Waals surface area (Å²) in [6.07, 6.45) is 0. The lowest BCUT2D eigenvalue weighted by atomic mass is 10.1. The summed E-state index contributed by atoms with van der Waals surface area (Å²) in [6, 6.07) is 5.61. The number of aryl methyl sites for hydroxylation is 2. The first-order chi connectivity index (χ1) is 9.49. The van der Waals surface area contributed by atoms with Crippen LogP contribution in [0.15, 0.2) is 27.2 Å². The van der Waals surface area contributed by atoms with Crippen LogP contribution in [0, 0.1) is 6.92 Å². The number of rotatable bonds is 2. The molecule has 6 nitrogen and oxygen atoms in total. The topological polar surface area (TPSA) is 81.2 Å². The zero-order valence-corrected chi connectivity index (χ0v) is 12.3. The number of fused-ring (bicyclic) bond motifs is 1. The van der Waals surface area contributed by atoms with Crippen molar-refractivity contribution in [2.75, 3.05) is 0 Å². The zero-order chi connectivity index (χ0) is 14.4. The highest BCUT2D eigenvalue weighted by molar-refractivity contribution is 9.10. The second-order valence-corrected chi connectivity index (χ2v) is 5.19. The molecule has 0 radical (unpaired) electrons. The van der Waals surface area contributed by atoms with Crippen molar-refractivity contribution >= 4 is 32.9 Å². The number of carbonyl (C=O) groups is 1. The fourth-order valence-corrected chi connectivity index (χ4v) is 2.60. The van der Waals surface area contributed by atoms with E-state index in [-0.39, 0.29) is 5.69 Å². The summed E-state index contributed by atoms with van der Waals surface area (Å²) in [4.78, 5) is 15.4. The number of nitrogens with zero attached hydrogens (tertiary/aromatic N) is 3. The number of carboxylic acid groups (broad SMARTS) is 1. The molecule has 0 saturated heterocycles. The average Bonchev–Trinajstić information content (AvgIpc) is 2.91. The molecule has 1 N–H and O–H groups in total. The number of hydrogen-bond donors (Lipinski definition) is 1. The Labute approximate surface area is 122 Å². The molecule has 0 aliphatic heterocycles. The summed E-state index contributed by atoms with van der Waals surface area (Å²) in [7, 11) is 1.94. The molecular formula is C13H10BrN3O3. The van der Waals surface area contributed by atoms with Crippen molar-refractivity contribution in [2.24, 2.45) is 7.05 Å². The number of aromatic carboxylic acids is 1. The van der Waals surface area contributed by atoms with Crippen LogP contribution in [-0.2, 0) is 7.05 Å². The van der Waals surface area contributed by atoms with Gasteiger partial charge in [0, 0.05) is 12.6 Å². The molecule has 0 saturated carbocycles. The maximum Gasteiger partial charge on any atom is 0.359 e. The molecule has 0 aliphatic rings. The smallest absolute Gasteiger partial charge is 0.359 e. The van der Waals surface area contributed by atoms with Gasteiger partial charge in [-0.05, 0) is 41.1 Å². The Morgan fingerprint density at radius 2 is 2.20 bits per heavy atom. The van der Waals surface area contributed by atoms with Crippen LogP contribution in [0.2, 0.25) is 0 Å². The van der Waals surface area contributed by atoms with Gasteiger partial charge in [-0.15, -0.1) is 0 Å². The summed E-state index contributed by atoms with van der Waals surface area (Å²) in [5.41, 5.74) is 2.41. The zero-order valence-electron chi connectivity index (χ0n) is 10.7. The third kappa shape index (κ3) is 1.82. The van der Waals surface area contributed by atoms with E-state index in [2.05, 4.69) is 26.1 Å². The Morgan fingerprint density at radius 1 is 1.45 bits per heavy atom. The summed E-state index contributed by atoms with van der Waals surface area (Å²) >= 11 is 3.21. The van der Waals surface area contributed by atoms with E-state index in [1.807, 2.05) is 36.7 Å². The van der Waals surface area contributed by atoms with Crippen LogP contribution in [0.5, 0.6) is 0 Å². The number of aromatic nitrogens is 3. The maximum absolute atomic E-state index is 11.0. The van der Waals surface area contributed by atoms with E-state index in [1.54, 1.807) is 0 Å². The first-order valence-corrected chi connectivity index (χ1v) is 6.60. The Balaban J connectivity index is 2.17. The Bertz CT molecular complexity index is 835. The lowest BCUT2D eigenvalue weighted by Gasteiger charge is -1.99. The van der Waals surface area contributed by atoms with E-state index in [4.69, 9.17) is 9.63 Å². The van der Waals surface area contributed by atoms with Crippen molar-refractivity contribution in [1.82, 2.24) is 14.7 Å². The molecule has 0 unspecified atom stereocenters. The molecule has 0 aliphatic carbocycles. The highest BCUT2D eigenvalue weighted by Crippen LogP contribution is 2.32. The van der Waals surface area contributed by atoms with Gasteiger partial charge in [-0.1, -0.05) is 5.16 Å². The molecule has 0 spiro atoms. The SMILES string of the molecule is Cc1nc2cc(-c3onc(C(=O)O)c3Br)ccc2n1C. The minimum atomic E-state index is -1.14. The standard InChI is InChI=1S/C13H10BrN3O3/c1-6-15-8-5-7(3-4-9(8)17(6)2)12-10(14)11(13(18)19)16-20-12/h3-5H,1-2H3,(H,18,19). The van der Waals surface area contributed by atoms with Crippen molar-refractivity contribution in [3.8, 4) is 11.3 Å². The fourth-order valence-electron chi connectivity index (χ4n) is 2.05. The minimum absolute atomic E-state index is 0.141. The monoisotopic (exact) mass is 335 g/mol. The molecule has 2 heterocycles. The van der Waals surface area contributed by atoms with Gasteiger partial charge in [0.05, 0.1) is 11.0 Å². The first kappa shape index (κ1) is 12.9. The van der Waals surface area contributed by atoms with E-state index < -0.39 is 5.97 Å². The predicted molar refractivity (Wildman–Crippen MR) is 75.6 cm³/mol. The molecule has 3 rings (SSSR count). The average molecular weight is 336 g/mol. The lowest BCUT2D eigenvalue weighted by molar-refractivity contribution is 0.0685. The van der Waals surface area contributed by atoms with Gasteiger partial charge in [0.2, 0.25) is 5.69 Å². The third-order valence-corrected chi connectivity index (χ3v) is 3.94. The third-order valence-electron chi connectivity index (χ3n) is 3.20. The van der Waals surface area contributed by atoms with Gasteiger partial charge in [-0.2, -0.15) is 0 Å². The van der Waals surface area contributed by atoms with Gasteiger partial charge in [0.25, 0.3) is 0 Å². The second kappa shape index (κ2) is 4.45. The number of imidazole rings is 1. The van der Waals surface area contributed by atoms with Gasteiger partial charge < -0.3 is 14.2 Å². The van der Waals surface area contributed by atoms with Gasteiger partial charge >= 0.3 is 5.97 Å². The van der Waals surface area contributed by atoms with Crippen molar-refractivity contribution in [2.45, 2.75) is 6.92 Å². The van der Waals surface area contributed by atoms with Crippen molar-refractivity contribution < 1.29 is 14.4 Å². The van der Waals surface area contributed by atoms with Crippen LogP contribution >= 0.6 is 15.9 Å². The van der Waals surface area contributed by atoms with E-state index in [0.29, 0.717) is 10.2 Å². The van der Waals surface area contributed by atoms with Crippen molar-refractivity contribution in [3.05, 3.63) is 34.2 Å². The van der Waals surface area contributed by atoms with Crippen LogP contribution in [0.25, 0.3) is 22.4 Å². The number of carboxylic acids is 1. The molecule has 20 heavy (non-hydrogen) atoms. The molecule has 0 amide bonds. The van der Waals surface area contributed by atoms with Crippen molar-refractivity contribution in [3.63, 3.8) is 0 Å². The normalized spacial score (nSPS) is 11.2. The Morgan fingerprint density at radius 3 is 2.85 bits per heavy atom. The number of halogens is 1. The lowest BCUT2D eigenvalue weighted by Crippen LogP contribution is -1.96. The molecule has 7 heteroatoms. The largest absolute Gasteiger partial charge is 0.476 e. The predicted octanol–water partition coefficient (Wildman–Crippen LogP) is 3.00. The van der Waals surface area contributed by atoms with Gasteiger partial charge in [0.15, 0.2) is 5.76 Å². The van der Waals surface area contributed by atoms with Gasteiger partial charge in [0.1, 0.15) is 10.3 Å². The van der Waals surface area contributed by atoms with Crippen LogP contribution < -0.4 is 0 Å². The molecule has 3 aromatic rings. The molecule has 0 bridgehead atoms. The van der Waals surface area contributed by atoms with Crippen LogP contribution in [0.3, 0.4) is 0 Å². The Kier molecular flexibility index (Phi) is 2.86. The highest BCUT2D eigenvalue weighted by atomic mass is 79.9. The molecule has 0 atom stereocenters. The van der Waals surface area contributed by atoms with Gasteiger partial charge in [-0.25, -0.2) is 9.78 Å². The fraction of sp³-hybridized carbons (Fsp3) is 0.154. The van der Waals surface area contributed by atoms with Gasteiger partial charge in [-0.3, -0.25) is 0 Å². The van der Waals surface area contributed by atoms with Crippen LogP contribution in [0.4, 0.5) is 0 Å². The molecule has 0 fully saturated rings. The molecule has 102 valence electrons. The summed E-state index contributed by atoms with van der Waals surface area (Å²) in [6.45, 7) is 1.92. The summed E-state index contributed by atoms with van der Waals surface area (Å²) in [5.74, 6) is 0.147. The highest BCUT2D eigenvalue weighted by Gasteiger charge is 2.21. The molecule has 2 aromatic heterocycles. The first-order valence-electron chi connectivity index (χ1n) is 5.81. The summed E-state index contributed by atoms with van der Waals surface area (Å²) in [5, 5.41) is 12.5. The summed E-state index contributed by atoms with van der Waals surface area (Å²) < 4.78 is 7.43. The van der Waals surface area contributed by atoms with Crippen LogP contribution in [0.1, 0.15) is 16.3 Å². The quantitative estimate of drug-likeness (QED) is 0.778. The second-order valence-electron chi connectivity index (χ2n) is 4.40. The maximum atomic E-state index is 11.0. The number of benzene rings is 1. The Hall–Kier alpha value is -2.15. The van der Waals surface area contributed by atoms with E-state index in [0.717, 1.165) is 22.4 Å².